The molecule has 0 saturated carbocycles. The van der Waals surface area contributed by atoms with Crippen LogP contribution in [0.15, 0.2) is 34.9 Å². The van der Waals surface area contributed by atoms with E-state index in [1.807, 2.05) is 35.0 Å². The smallest absolute Gasteiger partial charge is 0.228 e. The zero-order chi connectivity index (χ0) is 21.0. The number of hydrogen-bond donors (Lipinski definition) is 0. The maximum absolute atomic E-state index is 6.16. The Labute approximate surface area is 185 Å². The molecule has 3 rings (SSSR count). The first-order valence-corrected chi connectivity index (χ1v) is 14.2. The molecule has 0 N–H and O–H groups in total. The number of fused-ring (bicyclic) bond motifs is 1. The van der Waals surface area contributed by atoms with Gasteiger partial charge in [0.15, 0.2) is 5.65 Å². The number of rotatable bonds is 9. The van der Waals surface area contributed by atoms with E-state index in [1.165, 1.54) is 0 Å². The average Bonchev–Trinajstić information content (AvgIpc) is 2.98. The lowest BCUT2D eigenvalue weighted by atomic mass is 10.2. The fraction of sp³-hybridized carbons (Fsp3) is 0.400. The molecule has 0 aliphatic rings. The van der Waals surface area contributed by atoms with Crippen molar-refractivity contribution in [3.8, 4) is 11.6 Å². The highest BCUT2D eigenvalue weighted by molar-refractivity contribution is 9.10. The number of nitrogens with zero attached hydrogens (tertiary/aromatic N) is 3. The molecule has 0 fully saturated rings. The Morgan fingerprint density at radius 3 is 2.52 bits per heavy atom. The zero-order valence-electron chi connectivity index (χ0n) is 17.0. The van der Waals surface area contributed by atoms with Crippen LogP contribution in [-0.4, -0.2) is 36.3 Å². The van der Waals surface area contributed by atoms with Crippen molar-refractivity contribution in [3.63, 3.8) is 0 Å². The summed E-state index contributed by atoms with van der Waals surface area (Å²) in [5.74, 6) is 1.23. The SMILES string of the molecule is COc1ccc(COc2nc(Cl)nc3c2c(Br)cn3COCC[Si](C)(C)C)cc1. The molecule has 0 radical (unpaired) electrons. The van der Waals surface area contributed by atoms with Crippen molar-refractivity contribution in [2.45, 2.75) is 39.0 Å². The van der Waals surface area contributed by atoms with Crippen molar-refractivity contribution in [1.82, 2.24) is 14.5 Å². The molecule has 0 atom stereocenters. The van der Waals surface area contributed by atoms with E-state index in [4.69, 9.17) is 25.8 Å². The Morgan fingerprint density at radius 2 is 1.86 bits per heavy atom. The van der Waals surface area contributed by atoms with Crippen LogP contribution in [0, 0.1) is 0 Å². The molecule has 0 amide bonds. The van der Waals surface area contributed by atoms with Gasteiger partial charge in [0.2, 0.25) is 11.2 Å². The highest BCUT2D eigenvalue weighted by atomic mass is 79.9. The van der Waals surface area contributed by atoms with Crippen LogP contribution in [0.5, 0.6) is 11.6 Å². The van der Waals surface area contributed by atoms with E-state index in [0.29, 0.717) is 24.9 Å². The van der Waals surface area contributed by atoms with Crippen LogP contribution in [0.2, 0.25) is 31.0 Å². The van der Waals surface area contributed by atoms with E-state index in [-0.39, 0.29) is 5.28 Å². The fourth-order valence-electron chi connectivity index (χ4n) is 2.70. The van der Waals surface area contributed by atoms with Crippen LogP contribution in [0.4, 0.5) is 0 Å². The van der Waals surface area contributed by atoms with Gasteiger partial charge in [-0.3, -0.25) is 0 Å². The molecule has 156 valence electrons. The Bertz CT molecular complexity index is 974. The molecule has 0 saturated heterocycles. The van der Waals surface area contributed by atoms with Crippen LogP contribution < -0.4 is 9.47 Å². The number of benzene rings is 1. The lowest BCUT2D eigenvalue weighted by Crippen LogP contribution is -2.22. The highest BCUT2D eigenvalue weighted by Crippen LogP contribution is 2.33. The third-order valence-electron chi connectivity index (χ3n) is 4.37. The molecule has 0 bridgehead atoms. The maximum atomic E-state index is 6.16. The second kappa shape index (κ2) is 9.47. The average molecular weight is 499 g/mol. The first-order valence-electron chi connectivity index (χ1n) is 9.32. The van der Waals surface area contributed by atoms with E-state index >= 15 is 0 Å². The number of halogens is 2. The van der Waals surface area contributed by atoms with Crippen molar-refractivity contribution in [2.75, 3.05) is 13.7 Å². The minimum atomic E-state index is -1.13. The molecule has 0 spiro atoms. The van der Waals surface area contributed by atoms with Crippen LogP contribution in [0.25, 0.3) is 11.0 Å². The van der Waals surface area contributed by atoms with Crippen LogP contribution in [-0.2, 0) is 18.1 Å². The Balaban J connectivity index is 1.76. The van der Waals surface area contributed by atoms with Gasteiger partial charge in [-0.2, -0.15) is 9.97 Å². The summed E-state index contributed by atoms with van der Waals surface area (Å²) in [6.07, 6.45) is 1.92. The molecule has 1 aromatic carbocycles. The summed E-state index contributed by atoms with van der Waals surface area (Å²) in [7, 11) is 0.512. The first-order chi connectivity index (χ1) is 13.8. The van der Waals surface area contributed by atoms with E-state index < -0.39 is 8.07 Å². The van der Waals surface area contributed by atoms with Gasteiger partial charge in [0.05, 0.1) is 17.0 Å². The van der Waals surface area contributed by atoms with Gasteiger partial charge < -0.3 is 18.8 Å². The van der Waals surface area contributed by atoms with E-state index in [0.717, 1.165) is 33.8 Å². The summed E-state index contributed by atoms with van der Waals surface area (Å²) in [6, 6.07) is 8.80. The topological polar surface area (TPSA) is 58.4 Å². The second-order valence-corrected chi connectivity index (χ2v) is 14.7. The van der Waals surface area contributed by atoms with Gasteiger partial charge >= 0.3 is 0 Å². The second-order valence-electron chi connectivity index (χ2n) is 7.93. The monoisotopic (exact) mass is 497 g/mol. The zero-order valence-corrected chi connectivity index (χ0v) is 20.4. The molecule has 29 heavy (non-hydrogen) atoms. The summed E-state index contributed by atoms with van der Waals surface area (Å²) in [4.78, 5) is 8.66. The van der Waals surface area contributed by atoms with E-state index in [9.17, 15) is 0 Å². The molecule has 2 heterocycles. The molecular weight excluding hydrogens is 474 g/mol. The lowest BCUT2D eigenvalue weighted by molar-refractivity contribution is 0.0898. The van der Waals surface area contributed by atoms with Gasteiger partial charge in [-0.25, -0.2) is 0 Å². The van der Waals surface area contributed by atoms with Crippen molar-refractivity contribution < 1.29 is 14.2 Å². The van der Waals surface area contributed by atoms with Gasteiger partial charge in [0, 0.05) is 20.9 Å². The number of ether oxygens (including phenoxy) is 3. The molecule has 6 nitrogen and oxygen atoms in total. The third kappa shape index (κ3) is 5.94. The minimum Gasteiger partial charge on any atom is -0.497 e. The summed E-state index contributed by atoms with van der Waals surface area (Å²) >= 11 is 9.75. The largest absolute Gasteiger partial charge is 0.497 e. The molecule has 0 unspecified atom stereocenters. The Morgan fingerprint density at radius 1 is 1.14 bits per heavy atom. The summed E-state index contributed by atoms with van der Waals surface area (Å²) in [5.41, 5.74) is 1.67. The molecular formula is C20H25BrClN3O3Si. The molecule has 9 heteroatoms. The number of methoxy groups -OCH3 is 1. The Hall–Kier alpha value is -1.61. The number of hydrogen-bond acceptors (Lipinski definition) is 5. The van der Waals surface area contributed by atoms with Crippen molar-refractivity contribution in [1.29, 1.82) is 0 Å². The fourth-order valence-corrected chi connectivity index (χ4v) is 4.21. The lowest BCUT2D eigenvalue weighted by Gasteiger charge is -2.15. The standard InChI is InChI=1S/C20H25BrClN3O3Si/c1-26-15-7-5-14(6-8-15)12-28-19-17-16(21)11-25(18(17)23-20(22)24-19)13-27-9-10-29(2,3)4/h5-8,11H,9-10,12-13H2,1-4H3. The van der Waals surface area contributed by atoms with E-state index in [2.05, 4.69) is 45.5 Å². The molecule has 2 aromatic heterocycles. The third-order valence-corrected chi connectivity index (χ3v) is 6.85. The number of aromatic nitrogens is 3. The quantitative estimate of drug-likeness (QED) is 0.214. The van der Waals surface area contributed by atoms with Crippen molar-refractivity contribution in [2.24, 2.45) is 0 Å². The highest BCUT2D eigenvalue weighted by Gasteiger charge is 2.17. The summed E-state index contributed by atoms with van der Waals surface area (Å²) < 4.78 is 19.8. The van der Waals surface area contributed by atoms with Gasteiger partial charge in [-0.1, -0.05) is 31.8 Å². The predicted octanol–water partition coefficient (Wildman–Crippen LogP) is 5.75. The molecule has 0 aliphatic heterocycles. The van der Waals surface area contributed by atoms with Crippen molar-refractivity contribution >= 4 is 46.6 Å². The van der Waals surface area contributed by atoms with Gasteiger partial charge in [0.25, 0.3) is 0 Å². The van der Waals surface area contributed by atoms with Crippen molar-refractivity contribution in [3.05, 3.63) is 45.8 Å². The van der Waals surface area contributed by atoms with E-state index in [1.54, 1.807) is 7.11 Å². The van der Waals surface area contributed by atoms with Crippen LogP contribution in [0.3, 0.4) is 0 Å². The first kappa shape index (κ1) is 22.1. The molecule has 0 aliphatic carbocycles. The van der Waals surface area contributed by atoms with Crippen LogP contribution >= 0.6 is 27.5 Å². The minimum absolute atomic E-state index is 0.135. The van der Waals surface area contributed by atoms with Gasteiger partial charge in [0.1, 0.15) is 19.1 Å². The molecule has 3 aromatic rings. The van der Waals surface area contributed by atoms with Gasteiger partial charge in [-0.05, 0) is 51.3 Å². The maximum Gasteiger partial charge on any atom is 0.228 e. The van der Waals surface area contributed by atoms with Gasteiger partial charge in [-0.15, -0.1) is 0 Å². The normalized spacial score (nSPS) is 11.8. The van der Waals surface area contributed by atoms with Crippen LogP contribution in [0.1, 0.15) is 5.56 Å². The summed E-state index contributed by atoms with van der Waals surface area (Å²) in [6.45, 7) is 8.48. The summed E-state index contributed by atoms with van der Waals surface area (Å²) in [5, 5.41) is 0.910. The Kier molecular flexibility index (Phi) is 7.21. The predicted molar refractivity (Wildman–Crippen MR) is 122 cm³/mol.